The lowest BCUT2D eigenvalue weighted by Crippen LogP contribution is -2.35. The Hall–Kier alpha value is -0.980. The molecule has 1 rings (SSSR count). The van der Waals surface area contributed by atoms with E-state index >= 15 is 0 Å². The van der Waals surface area contributed by atoms with E-state index in [1.54, 1.807) is 20.8 Å². The average Bonchev–Trinajstić information content (AvgIpc) is 2.27. The van der Waals surface area contributed by atoms with Crippen LogP contribution in [0.5, 0.6) is 0 Å². The molecule has 0 amide bonds. The van der Waals surface area contributed by atoms with Gasteiger partial charge in [-0.2, -0.15) is 0 Å². The van der Waals surface area contributed by atoms with Crippen molar-refractivity contribution >= 4 is 10.0 Å². The number of rotatable bonds is 5. The Labute approximate surface area is 127 Å². The third-order valence-corrected chi connectivity index (χ3v) is 4.45. The van der Waals surface area contributed by atoms with Crippen molar-refractivity contribution in [2.75, 3.05) is 0 Å². The molecule has 0 saturated heterocycles. The summed E-state index contributed by atoms with van der Waals surface area (Å²) in [5, 5.41) is 3.17. The normalized spacial score (nSPS) is 13.0. The fraction of sp³-hybridized carbons (Fsp3) is 0.600. The minimum atomic E-state index is -3.62. The van der Waals surface area contributed by atoms with Gasteiger partial charge in [0.2, 0.25) is 10.0 Å². The molecule has 1 aromatic carbocycles. The van der Waals surface area contributed by atoms with Gasteiger partial charge in [-0.1, -0.05) is 0 Å². The molecular weight excluding hydrogens is 291 g/mol. The number of nitrogens with one attached hydrogen (secondary N) is 2. The molecule has 21 heavy (non-hydrogen) atoms. The zero-order valence-corrected chi connectivity index (χ0v) is 14.4. The van der Waals surface area contributed by atoms with Crippen LogP contribution < -0.4 is 10.0 Å². The molecule has 1 aromatic rings. The number of benzene rings is 1. The largest absolute Gasteiger partial charge is 0.308 e. The maximum atomic E-state index is 14.2. The number of hydrogen-bond donors (Lipinski definition) is 2. The molecule has 120 valence electrons. The van der Waals surface area contributed by atoms with E-state index in [1.807, 2.05) is 20.8 Å². The van der Waals surface area contributed by atoms with Gasteiger partial charge in [0.25, 0.3) is 0 Å². The highest BCUT2D eigenvalue weighted by molar-refractivity contribution is 7.89. The Kier molecular flexibility index (Phi) is 5.52. The second kappa shape index (κ2) is 6.42. The van der Waals surface area contributed by atoms with Crippen LogP contribution >= 0.6 is 0 Å². The van der Waals surface area contributed by atoms with Crippen LogP contribution in [-0.4, -0.2) is 20.0 Å². The van der Waals surface area contributed by atoms with Gasteiger partial charge in [0.05, 0.1) is 4.90 Å². The molecule has 0 aromatic heterocycles. The van der Waals surface area contributed by atoms with Crippen molar-refractivity contribution < 1.29 is 12.8 Å². The summed E-state index contributed by atoms with van der Waals surface area (Å²) in [6.07, 6.45) is 0. The van der Waals surface area contributed by atoms with Crippen LogP contribution in [0.2, 0.25) is 0 Å². The Morgan fingerprint density at radius 2 is 1.81 bits per heavy atom. The summed E-state index contributed by atoms with van der Waals surface area (Å²) in [6, 6.07) is 2.54. The monoisotopic (exact) mass is 316 g/mol. The summed E-state index contributed by atoms with van der Waals surface area (Å²) in [5.41, 5.74) is 0.507. The van der Waals surface area contributed by atoms with Crippen molar-refractivity contribution in [1.82, 2.24) is 10.0 Å². The van der Waals surface area contributed by atoms with Crippen molar-refractivity contribution in [2.24, 2.45) is 0 Å². The molecule has 6 heteroatoms. The molecule has 0 aliphatic heterocycles. The summed E-state index contributed by atoms with van der Waals surface area (Å²) < 4.78 is 41.1. The Morgan fingerprint density at radius 1 is 1.24 bits per heavy atom. The summed E-state index contributed by atoms with van der Waals surface area (Å²) in [7, 11) is -3.62. The second-order valence-corrected chi connectivity index (χ2v) is 8.31. The van der Waals surface area contributed by atoms with E-state index in [9.17, 15) is 12.8 Å². The Balaban J connectivity index is 3.18. The first-order valence-electron chi connectivity index (χ1n) is 6.99. The molecule has 0 heterocycles. The lowest BCUT2D eigenvalue weighted by Gasteiger charge is -2.21. The van der Waals surface area contributed by atoms with E-state index < -0.39 is 10.0 Å². The van der Waals surface area contributed by atoms with Gasteiger partial charge in [0.1, 0.15) is 5.82 Å². The molecule has 0 fully saturated rings. The van der Waals surface area contributed by atoms with Crippen LogP contribution in [-0.2, 0) is 16.6 Å². The molecule has 0 aliphatic rings. The molecule has 0 unspecified atom stereocenters. The number of aryl methyl sites for hydroxylation is 1. The average molecular weight is 316 g/mol. The topological polar surface area (TPSA) is 58.2 Å². The fourth-order valence-corrected chi connectivity index (χ4v) is 3.22. The highest BCUT2D eigenvalue weighted by atomic mass is 32.2. The molecule has 0 saturated carbocycles. The lowest BCUT2D eigenvalue weighted by atomic mass is 10.1. The number of sulfonamides is 1. The van der Waals surface area contributed by atoms with Gasteiger partial charge in [-0.25, -0.2) is 17.5 Å². The zero-order chi connectivity index (χ0) is 16.4. The second-order valence-electron chi connectivity index (χ2n) is 6.59. The van der Waals surface area contributed by atoms with Gasteiger partial charge < -0.3 is 5.32 Å². The van der Waals surface area contributed by atoms with E-state index in [4.69, 9.17) is 0 Å². The molecule has 0 bridgehead atoms. The zero-order valence-electron chi connectivity index (χ0n) is 13.5. The van der Waals surface area contributed by atoms with Crippen molar-refractivity contribution in [1.29, 1.82) is 0 Å². The number of halogens is 1. The Bertz CT molecular complexity index is 605. The SMILES string of the molecule is Cc1cc(S(=O)(=O)NC(C)C)cc(CNC(C)(C)C)c1F. The maximum Gasteiger partial charge on any atom is 0.240 e. The molecule has 4 nitrogen and oxygen atoms in total. The van der Waals surface area contributed by atoms with Gasteiger partial charge in [-0.05, 0) is 59.2 Å². The first kappa shape index (κ1) is 18.1. The summed E-state index contributed by atoms with van der Waals surface area (Å²) in [4.78, 5) is 0.0980. The standard InChI is InChI=1S/C15H25FN2O2S/c1-10(2)18-21(19,20)13-7-11(3)14(16)12(8-13)9-17-15(4,5)6/h7-8,10,17-18H,9H2,1-6H3. The van der Waals surface area contributed by atoms with E-state index in [0.29, 0.717) is 11.1 Å². The van der Waals surface area contributed by atoms with Crippen molar-refractivity contribution in [3.05, 3.63) is 29.1 Å². The molecule has 2 N–H and O–H groups in total. The summed E-state index contributed by atoms with van der Waals surface area (Å²) >= 11 is 0. The molecule has 0 spiro atoms. The van der Waals surface area contributed by atoms with Crippen LogP contribution in [0, 0.1) is 12.7 Å². The van der Waals surface area contributed by atoms with Crippen molar-refractivity contribution in [2.45, 2.75) is 64.6 Å². The molecule has 0 radical (unpaired) electrons. The third-order valence-electron chi connectivity index (χ3n) is 2.81. The highest BCUT2D eigenvalue weighted by Crippen LogP contribution is 2.20. The smallest absolute Gasteiger partial charge is 0.240 e. The molecule has 0 aliphatic carbocycles. The van der Waals surface area contributed by atoms with E-state index in [0.717, 1.165) is 0 Å². The van der Waals surface area contributed by atoms with Crippen LogP contribution in [0.4, 0.5) is 4.39 Å². The van der Waals surface area contributed by atoms with Crippen molar-refractivity contribution in [3.8, 4) is 0 Å². The van der Waals surface area contributed by atoms with Gasteiger partial charge in [0.15, 0.2) is 0 Å². The fourth-order valence-electron chi connectivity index (χ4n) is 1.83. The molecular formula is C15H25FN2O2S. The van der Waals surface area contributed by atoms with E-state index in [2.05, 4.69) is 10.0 Å². The first-order chi connectivity index (χ1) is 9.42. The quantitative estimate of drug-likeness (QED) is 0.878. The van der Waals surface area contributed by atoms with E-state index in [1.165, 1.54) is 12.1 Å². The van der Waals surface area contributed by atoms with Crippen LogP contribution in [0.15, 0.2) is 17.0 Å². The van der Waals surface area contributed by atoms with Crippen LogP contribution in [0.1, 0.15) is 45.7 Å². The summed E-state index contributed by atoms with van der Waals surface area (Å²) in [6.45, 7) is 11.3. The van der Waals surface area contributed by atoms with Gasteiger partial charge in [0, 0.05) is 23.7 Å². The predicted octanol–water partition coefficient (Wildman–Crippen LogP) is 2.71. The van der Waals surface area contributed by atoms with Gasteiger partial charge in [-0.3, -0.25) is 0 Å². The van der Waals surface area contributed by atoms with Gasteiger partial charge >= 0.3 is 0 Å². The minimum Gasteiger partial charge on any atom is -0.308 e. The predicted molar refractivity (Wildman–Crippen MR) is 83.2 cm³/mol. The first-order valence-corrected chi connectivity index (χ1v) is 8.47. The van der Waals surface area contributed by atoms with Crippen LogP contribution in [0.3, 0.4) is 0 Å². The lowest BCUT2D eigenvalue weighted by molar-refractivity contribution is 0.418. The van der Waals surface area contributed by atoms with Crippen LogP contribution in [0.25, 0.3) is 0 Å². The third kappa shape index (κ3) is 5.37. The van der Waals surface area contributed by atoms with E-state index in [-0.39, 0.29) is 28.8 Å². The number of hydrogen-bond acceptors (Lipinski definition) is 3. The Morgan fingerprint density at radius 3 is 2.29 bits per heavy atom. The molecule has 0 atom stereocenters. The summed E-state index contributed by atoms with van der Waals surface area (Å²) in [5.74, 6) is -0.366. The highest BCUT2D eigenvalue weighted by Gasteiger charge is 2.20. The van der Waals surface area contributed by atoms with Gasteiger partial charge in [-0.15, -0.1) is 0 Å². The maximum absolute atomic E-state index is 14.2. The minimum absolute atomic E-state index is 0.0980. The van der Waals surface area contributed by atoms with Crippen molar-refractivity contribution in [3.63, 3.8) is 0 Å².